The molecule has 104 valence electrons. The highest BCUT2D eigenvalue weighted by Crippen LogP contribution is 2.18. The summed E-state index contributed by atoms with van der Waals surface area (Å²) in [6.07, 6.45) is 12.0. The van der Waals surface area contributed by atoms with E-state index in [4.69, 9.17) is 9.47 Å². The van der Waals surface area contributed by atoms with Crippen molar-refractivity contribution in [3.8, 4) is 0 Å². The molecule has 0 aromatic rings. The quantitative estimate of drug-likeness (QED) is 0.446. The van der Waals surface area contributed by atoms with Crippen molar-refractivity contribution in [1.82, 2.24) is 0 Å². The molecular weight excluding hydrogens is 212 g/mol. The van der Waals surface area contributed by atoms with Crippen molar-refractivity contribution in [1.29, 1.82) is 0 Å². The fourth-order valence-electron chi connectivity index (χ4n) is 2.22. The van der Waals surface area contributed by atoms with E-state index in [9.17, 15) is 0 Å². The number of unbranched alkanes of at least 4 members (excludes halogenated alkanes) is 5. The normalized spacial score (nSPS) is 12.9. The van der Waals surface area contributed by atoms with E-state index in [0.717, 1.165) is 19.1 Å². The van der Waals surface area contributed by atoms with E-state index in [1.54, 1.807) is 14.2 Å². The molecule has 1 atom stereocenters. The van der Waals surface area contributed by atoms with Crippen LogP contribution in [0.2, 0.25) is 0 Å². The summed E-state index contributed by atoms with van der Waals surface area (Å²) in [4.78, 5) is 0. The largest absolute Gasteiger partial charge is 0.385 e. The third-order valence-corrected chi connectivity index (χ3v) is 3.52. The smallest absolute Gasteiger partial charge is 0.0464 e. The summed E-state index contributed by atoms with van der Waals surface area (Å²) in [6, 6.07) is 0. The van der Waals surface area contributed by atoms with Gasteiger partial charge in [-0.2, -0.15) is 0 Å². The molecule has 0 N–H and O–H groups in total. The Labute approximate surface area is 108 Å². The van der Waals surface area contributed by atoms with Crippen LogP contribution in [0.4, 0.5) is 0 Å². The minimum Gasteiger partial charge on any atom is -0.385 e. The molecule has 0 spiro atoms. The minimum atomic E-state index is 0.878. The molecule has 0 saturated heterocycles. The summed E-state index contributed by atoms with van der Waals surface area (Å²) < 4.78 is 10.2. The average molecular weight is 244 g/mol. The Morgan fingerprint density at radius 2 is 1.29 bits per heavy atom. The van der Waals surface area contributed by atoms with Crippen LogP contribution in [0, 0.1) is 5.92 Å². The zero-order chi connectivity index (χ0) is 12.8. The van der Waals surface area contributed by atoms with Crippen LogP contribution in [0.25, 0.3) is 0 Å². The Morgan fingerprint density at radius 3 is 1.88 bits per heavy atom. The summed E-state index contributed by atoms with van der Waals surface area (Å²) in [5.74, 6) is 0.878. The number of ether oxygens (including phenoxy) is 2. The third-order valence-electron chi connectivity index (χ3n) is 3.52. The molecule has 0 aliphatic carbocycles. The summed E-state index contributed by atoms with van der Waals surface area (Å²) >= 11 is 0. The van der Waals surface area contributed by atoms with Gasteiger partial charge < -0.3 is 9.47 Å². The monoisotopic (exact) mass is 244 g/mol. The molecule has 0 bridgehead atoms. The molecule has 1 unspecified atom stereocenters. The molecule has 0 aliphatic rings. The van der Waals surface area contributed by atoms with Crippen LogP contribution in [0.5, 0.6) is 0 Å². The van der Waals surface area contributed by atoms with E-state index in [1.165, 1.54) is 57.8 Å². The first-order valence-electron chi connectivity index (χ1n) is 7.33. The maximum absolute atomic E-state index is 5.14. The molecule has 2 heteroatoms. The first kappa shape index (κ1) is 16.9. The Bertz CT molecular complexity index is 137. The van der Waals surface area contributed by atoms with Gasteiger partial charge in [0, 0.05) is 27.4 Å². The van der Waals surface area contributed by atoms with Gasteiger partial charge in [-0.25, -0.2) is 0 Å². The standard InChI is InChI=1S/C15H32O2/c1-4-15(12-14-17-3)11-9-7-5-6-8-10-13-16-2/h15H,4-14H2,1-3H3. The minimum absolute atomic E-state index is 0.878. The van der Waals surface area contributed by atoms with Crippen LogP contribution >= 0.6 is 0 Å². The molecule has 0 radical (unpaired) electrons. The fourth-order valence-corrected chi connectivity index (χ4v) is 2.22. The molecule has 0 aromatic heterocycles. The highest BCUT2D eigenvalue weighted by molar-refractivity contribution is 4.57. The number of methoxy groups -OCH3 is 2. The molecule has 0 saturated carbocycles. The first-order valence-corrected chi connectivity index (χ1v) is 7.33. The Morgan fingerprint density at radius 1 is 0.706 bits per heavy atom. The van der Waals surface area contributed by atoms with Crippen molar-refractivity contribution in [2.45, 2.75) is 64.7 Å². The Kier molecular flexibility index (Phi) is 13.9. The van der Waals surface area contributed by atoms with Gasteiger partial charge in [-0.15, -0.1) is 0 Å². The van der Waals surface area contributed by atoms with Crippen molar-refractivity contribution in [3.05, 3.63) is 0 Å². The number of hydrogen-bond donors (Lipinski definition) is 0. The maximum atomic E-state index is 5.14. The molecule has 0 fully saturated rings. The van der Waals surface area contributed by atoms with Gasteiger partial charge in [0.15, 0.2) is 0 Å². The van der Waals surface area contributed by atoms with Gasteiger partial charge in [-0.3, -0.25) is 0 Å². The summed E-state index contributed by atoms with van der Waals surface area (Å²) in [7, 11) is 3.58. The van der Waals surface area contributed by atoms with Crippen molar-refractivity contribution >= 4 is 0 Å². The van der Waals surface area contributed by atoms with Crippen LogP contribution in [-0.4, -0.2) is 27.4 Å². The molecule has 0 aromatic carbocycles. The van der Waals surface area contributed by atoms with E-state index in [0.29, 0.717) is 0 Å². The second-order valence-electron chi connectivity index (χ2n) is 4.96. The van der Waals surface area contributed by atoms with Gasteiger partial charge in [-0.1, -0.05) is 51.9 Å². The predicted octanol–water partition coefficient (Wildman–Crippen LogP) is 4.43. The molecule has 17 heavy (non-hydrogen) atoms. The van der Waals surface area contributed by atoms with Crippen LogP contribution in [0.1, 0.15) is 64.7 Å². The molecule has 0 amide bonds. The zero-order valence-corrected chi connectivity index (χ0v) is 12.2. The average Bonchev–Trinajstić information content (AvgIpc) is 2.36. The van der Waals surface area contributed by atoms with Crippen LogP contribution < -0.4 is 0 Å². The fraction of sp³-hybridized carbons (Fsp3) is 1.00. The molecule has 2 nitrogen and oxygen atoms in total. The second-order valence-corrected chi connectivity index (χ2v) is 4.96. The maximum Gasteiger partial charge on any atom is 0.0464 e. The lowest BCUT2D eigenvalue weighted by Gasteiger charge is -2.13. The topological polar surface area (TPSA) is 18.5 Å². The summed E-state index contributed by atoms with van der Waals surface area (Å²) in [5.41, 5.74) is 0. The lowest BCUT2D eigenvalue weighted by Crippen LogP contribution is -2.03. The highest BCUT2D eigenvalue weighted by Gasteiger charge is 2.05. The lowest BCUT2D eigenvalue weighted by atomic mass is 9.95. The SMILES string of the molecule is CCC(CCCCCCCCOC)CCOC. The number of rotatable bonds is 13. The Hall–Kier alpha value is -0.0800. The van der Waals surface area contributed by atoms with E-state index < -0.39 is 0 Å². The van der Waals surface area contributed by atoms with E-state index >= 15 is 0 Å². The molecule has 0 rings (SSSR count). The summed E-state index contributed by atoms with van der Waals surface area (Å²) in [6.45, 7) is 4.15. The molecule has 0 heterocycles. The van der Waals surface area contributed by atoms with Gasteiger partial charge in [0.2, 0.25) is 0 Å². The van der Waals surface area contributed by atoms with Gasteiger partial charge in [0.25, 0.3) is 0 Å². The van der Waals surface area contributed by atoms with Gasteiger partial charge in [0.05, 0.1) is 0 Å². The third kappa shape index (κ3) is 12.2. The predicted molar refractivity (Wildman–Crippen MR) is 74.5 cm³/mol. The first-order chi connectivity index (χ1) is 8.35. The van der Waals surface area contributed by atoms with Gasteiger partial charge >= 0.3 is 0 Å². The van der Waals surface area contributed by atoms with Crippen LogP contribution in [0.3, 0.4) is 0 Å². The van der Waals surface area contributed by atoms with E-state index in [2.05, 4.69) is 6.92 Å². The van der Waals surface area contributed by atoms with Gasteiger partial charge in [-0.05, 0) is 18.8 Å². The van der Waals surface area contributed by atoms with Crippen LogP contribution in [-0.2, 0) is 9.47 Å². The second kappa shape index (κ2) is 14.0. The van der Waals surface area contributed by atoms with Gasteiger partial charge in [0.1, 0.15) is 0 Å². The van der Waals surface area contributed by atoms with E-state index in [-0.39, 0.29) is 0 Å². The van der Waals surface area contributed by atoms with Crippen molar-refractivity contribution < 1.29 is 9.47 Å². The molecule has 0 aliphatic heterocycles. The van der Waals surface area contributed by atoms with Crippen molar-refractivity contribution in [3.63, 3.8) is 0 Å². The highest BCUT2D eigenvalue weighted by atomic mass is 16.5. The number of hydrogen-bond acceptors (Lipinski definition) is 2. The van der Waals surface area contributed by atoms with E-state index in [1.807, 2.05) is 0 Å². The van der Waals surface area contributed by atoms with Crippen LogP contribution in [0.15, 0.2) is 0 Å². The molecular formula is C15H32O2. The lowest BCUT2D eigenvalue weighted by molar-refractivity contribution is 0.173. The Balaban J connectivity index is 3.19. The zero-order valence-electron chi connectivity index (χ0n) is 12.2. The summed E-state index contributed by atoms with van der Waals surface area (Å²) in [5, 5.41) is 0. The van der Waals surface area contributed by atoms with Crippen molar-refractivity contribution in [2.24, 2.45) is 5.92 Å². The van der Waals surface area contributed by atoms with Crippen molar-refractivity contribution in [2.75, 3.05) is 27.4 Å².